The maximum Gasteiger partial charge on any atom is 0.244 e. The molecular weight excluding hydrogens is 314 g/mol. The maximum absolute atomic E-state index is 12.7. The van der Waals surface area contributed by atoms with Crippen molar-refractivity contribution in [1.82, 2.24) is 4.31 Å². The molecule has 0 N–H and O–H groups in total. The van der Waals surface area contributed by atoms with Gasteiger partial charge in [0.2, 0.25) is 10.0 Å². The fraction of sp³-hybridized carbons (Fsp3) is 0.538. The number of benzene rings is 1. The Balaban J connectivity index is 2.49. The molecule has 5 heteroatoms. The van der Waals surface area contributed by atoms with Crippen molar-refractivity contribution in [1.29, 1.82) is 0 Å². The number of aryl methyl sites for hydroxylation is 1. The fourth-order valence-electron chi connectivity index (χ4n) is 2.46. The molecule has 0 aromatic heterocycles. The van der Waals surface area contributed by atoms with Crippen molar-refractivity contribution in [2.24, 2.45) is 0 Å². The Morgan fingerprint density at radius 2 is 2.00 bits per heavy atom. The van der Waals surface area contributed by atoms with Crippen molar-refractivity contribution < 1.29 is 8.42 Å². The largest absolute Gasteiger partial charge is 0.244 e. The Bertz CT molecular complexity index is 566. The Kier molecular flexibility index (Phi) is 3.60. The Hall–Kier alpha value is -0.390. The first-order valence-corrected chi connectivity index (χ1v) is 8.27. The van der Waals surface area contributed by atoms with Crippen LogP contribution >= 0.6 is 15.9 Å². The monoisotopic (exact) mass is 331 g/mol. The first-order valence-electron chi connectivity index (χ1n) is 6.04. The molecule has 0 saturated carbocycles. The molecule has 1 saturated heterocycles. The van der Waals surface area contributed by atoms with Gasteiger partial charge in [0.05, 0.1) is 4.90 Å². The van der Waals surface area contributed by atoms with E-state index < -0.39 is 10.0 Å². The van der Waals surface area contributed by atoms with E-state index in [1.807, 2.05) is 32.9 Å². The summed E-state index contributed by atoms with van der Waals surface area (Å²) in [5, 5.41) is 0. The summed E-state index contributed by atoms with van der Waals surface area (Å²) < 4.78 is 27.6. The molecule has 0 aliphatic carbocycles. The van der Waals surface area contributed by atoms with Gasteiger partial charge in [0, 0.05) is 16.6 Å². The number of hydrogen-bond acceptors (Lipinski definition) is 2. The molecule has 18 heavy (non-hydrogen) atoms. The third-order valence-electron chi connectivity index (χ3n) is 3.48. The third kappa shape index (κ3) is 2.36. The molecule has 0 bridgehead atoms. The molecule has 0 radical (unpaired) electrons. The minimum Gasteiger partial charge on any atom is -0.207 e. The van der Waals surface area contributed by atoms with Crippen LogP contribution in [-0.2, 0) is 10.0 Å². The van der Waals surface area contributed by atoms with E-state index in [-0.39, 0.29) is 5.54 Å². The SMILES string of the molecule is Cc1ccc(S(=O)(=O)N2CCCC2(C)C)c(Br)c1. The predicted octanol–water partition coefficient (Wildman–Crippen LogP) is 3.32. The number of rotatable bonds is 2. The van der Waals surface area contributed by atoms with Crippen molar-refractivity contribution in [2.75, 3.05) is 6.54 Å². The first kappa shape index (κ1) is 14.0. The summed E-state index contributed by atoms with van der Waals surface area (Å²) in [4.78, 5) is 0.364. The van der Waals surface area contributed by atoms with Gasteiger partial charge in [0.1, 0.15) is 0 Å². The zero-order valence-corrected chi connectivity index (χ0v) is 13.3. The summed E-state index contributed by atoms with van der Waals surface area (Å²) in [6.45, 7) is 6.52. The average molecular weight is 332 g/mol. The summed E-state index contributed by atoms with van der Waals surface area (Å²) in [5.74, 6) is 0. The van der Waals surface area contributed by atoms with Gasteiger partial charge in [-0.1, -0.05) is 6.07 Å². The van der Waals surface area contributed by atoms with Gasteiger partial charge in [-0.2, -0.15) is 4.31 Å². The zero-order valence-electron chi connectivity index (χ0n) is 10.9. The lowest BCUT2D eigenvalue weighted by Gasteiger charge is -2.30. The Labute approximate surface area is 117 Å². The van der Waals surface area contributed by atoms with Crippen LogP contribution in [0.15, 0.2) is 27.6 Å². The normalized spacial score (nSPS) is 20.2. The summed E-state index contributed by atoms with van der Waals surface area (Å²) in [6.07, 6.45) is 1.84. The lowest BCUT2D eigenvalue weighted by Crippen LogP contribution is -2.42. The lowest BCUT2D eigenvalue weighted by molar-refractivity contribution is 0.291. The van der Waals surface area contributed by atoms with Crippen molar-refractivity contribution in [3.8, 4) is 0 Å². The van der Waals surface area contributed by atoms with Gasteiger partial charge in [-0.15, -0.1) is 0 Å². The maximum atomic E-state index is 12.7. The molecule has 3 nitrogen and oxygen atoms in total. The standard InChI is InChI=1S/C13H18BrNO2S/c1-10-5-6-12(11(14)9-10)18(16,17)15-8-4-7-13(15,2)3/h5-6,9H,4,7-8H2,1-3H3. The smallest absolute Gasteiger partial charge is 0.207 e. The molecule has 0 amide bonds. The molecule has 1 aromatic carbocycles. The summed E-state index contributed by atoms with van der Waals surface area (Å²) in [7, 11) is -3.41. The van der Waals surface area contributed by atoms with Gasteiger partial charge in [0.15, 0.2) is 0 Å². The van der Waals surface area contributed by atoms with Gasteiger partial charge >= 0.3 is 0 Å². The minimum absolute atomic E-state index is 0.289. The quantitative estimate of drug-likeness (QED) is 0.833. The van der Waals surface area contributed by atoms with Crippen LogP contribution in [-0.4, -0.2) is 24.8 Å². The van der Waals surface area contributed by atoms with E-state index in [2.05, 4.69) is 15.9 Å². The molecule has 100 valence electrons. The van der Waals surface area contributed by atoms with Crippen LogP contribution in [0.5, 0.6) is 0 Å². The Morgan fingerprint density at radius 3 is 2.50 bits per heavy atom. The summed E-state index contributed by atoms with van der Waals surface area (Å²) >= 11 is 3.36. The van der Waals surface area contributed by atoms with Crippen LogP contribution in [0.2, 0.25) is 0 Å². The van der Waals surface area contributed by atoms with Gasteiger partial charge in [-0.25, -0.2) is 8.42 Å². The zero-order chi connectivity index (χ0) is 13.6. The minimum atomic E-state index is -3.41. The van der Waals surface area contributed by atoms with Crippen LogP contribution in [0.1, 0.15) is 32.3 Å². The number of hydrogen-bond donors (Lipinski definition) is 0. The van der Waals surface area contributed by atoms with Gasteiger partial charge in [-0.05, 0) is 67.2 Å². The van der Waals surface area contributed by atoms with Crippen molar-refractivity contribution in [2.45, 2.75) is 44.0 Å². The number of halogens is 1. The van der Waals surface area contributed by atoms with Crippen LogP contribution in [0.25, 0.3) is 0 Å². The molecule has 1 aromatic rings. The molecule has 0 atom stereocenters. The van der Waals surface area contributed by atoms with E-state index in [0.717, 1.165) is 18.4 Å². The van der Waals surface area contributed by atoms with Gasteiger partial charge in [0.25, 0.3) is 0 Å². The van der Waals surface area contributed by atoms with Crippen LogP contribution in [0, 0.1) is 6.92 Å². The van der Waals surface area contributed by atoms with Crippen molar-refractivity contribution >= 4 is 26.0 Å². The molecular formula is C13H18BrNO2S. The van der Waals surface area contributed by atoms with Crippen molar-refractivity contribution in [3.05, 3.63) is 28.2 Å². The lowest BCUT2D eigenvalue weighted by atomic mass is 10.0. The summed E-state index contributed by atoms with van der Waals surface area (Å²) in [5.41, 5.74) is 0.755. The highest BCUT2D eigenvalue weighted by molar-refractivity contribution is 9.10. The Morgan fingerprint density at radius 1 is 1.33 bits per heavy atom. The number of sulfonamides is 1. The second-order valence-corrected chi connectivity index (χ2v) is 8.11. The van der Waals surface area contributed by atoms with Crippen LogP contribution in [0.3, 0.4) is 0 Å². The highest BCUT2D eigenvalue weighted by Crippen LogP contribution is 2.36. The fourth-order valence-corrected chi connectivity index (χ4v) is 5.46. The highest BCUT2D eigenvalue weighted by Gasteiger charge is 2.41. The average Bonchev–Trinajstić information content (AvgIpc) is 2.58. The summed E-state index contributed by atoms with van der Waals surface area (Å²) in [6, 6.07) is 5.36. The first-order chi connectivity index (χ1) is 8.25. The van der Waals surface area contributed by atoms with Crippen molar-refractivity contribution in [3.63, 3.8) is 0 Å². The van der Waals surface area contributed by atoms with E-state index in [9.17, 15) is 8.42 Å². The predicted molar refractivity (Wildman–Crippen MR) is 76.1 cm³/mol. The second-order valence-electron chi connectivity index (χ2n) is 5.43. The molecule has 1 aliphatic rings. The molecule has 1 fully saturated rings. The molecule has 0 spiro atoms. The van der Waals surface area contributed by atoms with E-state index in [4.69, 9.17) is 0 Å². The van der Waals surface area contributed by atoms with Gasteiger partial charge < -0.3 is 0 Å². The van der Waals surface area contributed by atoms with Gasteiger partial charge in [-0.3, -0.25) is 0 Å². The third-order valence-corrected chi connectivity index (χ3v) is 6.57. The van der Waals surface area contributed by atoms with E-state index in [1.54, 1.807) is 10.4 Å². The van der Waals surface area contributed by atoms with E-state index in [1.165, 1.54) is 0 Å². The molecule has 1 heterocycles. The molecule has 1 aliphatic heterocycles. The van der Waals surface area contributed by atoms with E-state index in [0.29, 0.717) is 15.9 Å². The highest BCUT2D eigenvalue weighted by atomic mass is 79.9. The van der Waals surface area contributed by atoms with E-state index >= 15 is 0 Å². The topological polar surface area (TPSA) is 37.4 Å². The molecule has 2 rings (SSSR count). The second kappa shape index (κ2) is 4.62. The van der Waals surface area contributed by atoms with Crippen LogP contribution < -0.4 is 0 Å². The molecule has 0 unspecified atom stereocenters. The van der Waals surface area contributed by atoms with Crippen LogP contribution in [0.4, 0.5) is 0 Å². The number of nitrogens with zero attached hydrogens (tertiary/aromatic N) is 1.